The van der Waals surface area contributed by atoms with Gasteiger partial charge in [0.15, 0.2) is 0 Å². The third-order valence-electron chi connectivity index (χ3n) is 7.36. The molecule has 1 aromatic heterocycles. The van der Waals surface area contributed by atoms with Crippen LogP contribution in [0.15, 0.2) is 53.4 Å². The van der Waals surface area contributed by atoms with E-state index < -0.39 is 22.9 Å². The molecule has 2 amide bonds. The first-order valence-corrected chi connectivity index (χ1v) is 15.7. The van der Waals surface area contributed by atoms with Gasteiger partial charge in [0.25, 0.3) is 5.91 Å². The molecule has 0 radical (unpaired) electrons. The molecule has 2 N–H and O–H groups in total. The number of nitrogens with one attached hydrogen (secondary N) is 2. The Bertz CT molecular complexity index is 1430. The number of esters is 1. The van der Waals surface area contributed by atoms with Crippen LogP contribution in [0.2, 0.25) is 0 Å². The van der Waals surface area contributed by atoms with Crippen molar-refractivity contribution in [2.24, 2.45) is 11.3 Å². The first kappa shape index (κ1) is 30.8. The Kier molecular flexibility index (Phi) is 9.92. The van der Waals surface area contributed by atoms with Gasteiger partial charge in [-0.15, -0.1) is 23.1 Å². The average molecular weight is 597 g/mol. The quantitative estimate of drug-likeness (QED) is 0.193. The summed E-state index contributed by atoms with van der Waals surface area (Å²) in [6, 6.07) is 12.9. The zero-order valence-electron chi connectivity index (χ0n) is 24.1. The van der Waals surface area contributed by atoms with Crippen LogP contribution in [0.4, 0.5) is 15.1 Å². The van der Waals surface area contributed by atoms with Gasteiger partial charge in [-0.25, -0.2) is 9.18 Å². The highest BCUT2D eigenvalue weighted by Crippen LogP contribution is 2.45. The normalized spacial score (nSPS) is 15.5. The minimum absolute atomic E-state index is 0.0405. The van der Waals surface area contributed by atoms with E-state index in [1.165, 1.54) is 41.3 Å². The van der Waals surface area contributed by atoms with Crippen molar-refractivity contribution in [3.05, 3.63) is 75.9 Å². The molecule has 0 saturated carbocycles. The molecule has 0 spiro atoms. The second kappa shape index (κ2) is 13.2. The second-order valence-electron chi connectivity index (χ2n) is 11.2. The highest BCUT2D eigenvalue weighted by molar-refractivity contribution is 8.00. The maximum atomic E-state index is 14.0. The van der Waals surface area contributed by atoms with Gasteiger partial charge in [-0.05, 0) is 79.8 Å². The fourth-order valence-electron chi connectivity index (χ4n) is 5.00. The van der Waals surface area contributed by atoms with Crippen molar-refractivity contribution in [1.29, 1.82) is 0 Å². The number of thiophene rings is 1. The lowest BCUT2D eigenvalue weighted by molar-refractivity contribution is -0.115. The van der Waals surface area contributed by atoms with Gasteiger partial charge < -0.3 is 15.4 Å². The number of anilines is 2. The highest BCUT2D eigenvalue weighted by Gasteiger charge is 2.35. The zero-order chi connectivity index (χ0) is 29.7. The SMILES string of the molecule is CCOC(=O)c1c(NC(=O)C(CC)Sc2cccc(NC(=O)c3ccccc3F)c2)sc2c1CCC(C(C)(C)C)C2. The fraction of sp³-hybridized carbons (Fsp3) is 0.406. The number of thioether (sulfide) groups is 1. The van der Waals surface area contributed by atoms with Gasteiger partial charge in [-0.1, -0.05) is 45.9 Å². The summed E-state index contributed by atoms with van der Waals surface area (Å²) in [4.78, 5) is 41.0. The molecule has 0 aliphatic heterocycles. The number of carbonyl (C=O) groups excluding carboxylic acids is 3. The summed E-state index contributed by atoms with van der Waals surface area (Å²) in [5.74, 6) is -1.23. The number of ether oxygens (including phenoxy) is 1. The molecule has 2 atom stereocenters. The van der Waals surface area contributed by atoms with Crippen molar-refractivity contribution < 1.29 is 23.5 Å². The number of halogens is 1. The van der Waals surface area contributed by atoms with Gasteiger partial charge in [-0.2, -0.15) is 0 Å². The largest absolute Gasteiger partial charge is 0.462 e. The fourth-order valence-corrected chi connectivity index (χ4v) is 7.33. The van der Waals surface area contributed by atoms with Crippen LogP contribution >= 0.6 is 23.1 Å². The molecule has 9 heteroatoms. The third kappa shape index (κ3) is 7.38. The molecular formula is C32H37FN2O4S2. The molecule has 41 heavy (non-hydrogen) atoms. The van der Waals surface area contributed by atoms with Crippen molar-refractivity contribution >= 4 is 51.6 Å². The van der Waals surface area contributed by atoms with E-state index in [-0.39, 0.29) is 23.5 Å². The molecule has 3 aromatic rings. The van der Waals surface area contributed by atoms with Gasteiger partial charge in [0.05, 0.1) is 23.0 Å². The lowest BCUT2D eigenvalue weighted by atomic mass is 9.72. The summed E-state index contributed by atoms with van der Waals surface area (Å²) in [5.41, 5.74) is 2.11. The minimum atomic E-state index is -0.593. The molecule has 0 saturated heterocycles. The number of benzene rings is 2. The average Bonchev–Trinajstić information content (AvgIpc) is 3.28. The number of rotatable bonds is 9. The Hall–Kier alpha value is -3.17. The molecule has 4 rings (SSSR count). The number of hydrogen-bond acceptors (Lipinski definition) is 6. The predicted octanol–water partition coefficient (Wildman–Crippen LogP) is 7.98. The lowest BCUT2D eigenvalue weighted by Crippen LogP contribution is -2.27. The van der Waals surface area contributed by atoms with E-state index >= 15 is 0 Å². The van der Waals surface area contributed by atoms with Gasteiger partial charge in [0.2, 0.25) is 5.91 Å². The molecule has 0 bridgehead atoms. The number of hydrogen-bond donors (Lipinski definition) is 2. The van der Waals surface area contributed by atoms with E-state index in [0.29, 0.717) is 28.6 Å². The molecule has 2 unspecified atom stereocenters. The van der Waals surface area contributed by atoms with E-state index in [4.69, 9.17) is 4.74 Å². The number of amides is 2. The molecule has 1 aliphatic carbocycles. The summed E-state index contributed by atoms with van der Waals surface area (Å²) in [5, 5.41) is 5.90. The molecule has 2 aromatic carbocycles. The van der Waals surface area contributed by atoms with Crippen molar-refractivity contribution in [1.82, 2.24) is 0 Å². The Morgan fingerprint density at radius 2 is 1.85 bits per heavy atom. The van der Waals surface area contributed by atoms with E-state index in [1.54, 1.807) is 31.2 Å². The third-order valence-corrected chi connectivity index (χ3v) is 9.89. The van der Waals surface area contributed by atoms with Crippen LogP contribution in [-0.4, -0.2) is 29.6 Å². The van der Waals surface area contributed by atoms with Crippen LogP contribution < -0.4 is 10.6 Å². The van der Waals surface area contributed by atoms with Crippen molar-refractivity contribution in [3.8, 4) is 0 Å². The van der Waals surface area contributed by atoms with Crippen molar-refractivity contribution in [2.45, 2.75) is 70.4 Å². The van der Waals surface area contributed by atoms with E-state index in [0.717, 1.165) is 34.6 Å². The van der Waals surface area contributed by atoms with E-state index in [1.807, 2.05) is 13.0 Å². The molecule has 1 heterocycles. The highest BCUT2D eigenvalue weighted by atomic mass is 32.2. The van der Waals surface area contributed by atoms with Gasteiger partial charge in [0.1, 0.15) is 10.8 Å². The molecule has 1 aliphatic rings. The maximum Gasteiger partial charge on any atom is 0.341 e. The van der Waals surface area contributed by atoms with E-state index in [2.05, 4.69) is 31.4 Å². The van der Waals surface area contributed by atoms with Crippen LogP contribution in [0.3, 0.4) is 0 Å². The summed E-state index contributed by atoms with van der Waals surface area (Å²) in [7, 11) is 0. The smallest absolute Gasteiger partial charge is 0.341 e. The molecular weight excluding hydrogens is 559 g/mol. The van der Waals surface area contributed by atoms with Crippen molar-refractivity contribution in [2.75, 3.05) is 17.2 Å². The Morgan fingerprint density at radius 3 is 2.54 bits per heavy atom. The Labute approximate surface area is 249 Å². The van der Waals surface area contributed by atoms with Crippen LogP contribution in [-0.2, 0) is 22.4 Å². The summed E-state index contributed by atoms with van der Waals surface area (Å²) < 4.78 is 19.4. The topological polar surface area (TPSA) is 84.5 Å². The lowest BCUT2D eigenvalue weighted by Gasteiger charge is -2.33. The zero-order valence-corrected chi connectivity index (χ0v) is 25.8. The second-order valence-corrected chi connectivity index (χ2v) is 13.6. The molecule has 0 fully saturated rings. The van der Waals surface area contributed by atoms with Crippen LogP contribution in [0.25, 0.3) is 0 Å². The van der Waals surface area contributed by atoms with Crippen LogP contribution in [0.5, 0.6) is 0 Å². The van der Waals surface area contributed by atoms with E-state index in [9.17, 15) is 18.8 Å². The van der Waals surface area contributed by atoms with Gasteiger partial charge in [0, 0.05) is 15.5 Å². The van der Waals surface area contributed by atoms with Crippen molar-refractivity contribution in [3.63, 3.8) is 0 Å². The monoisotopic (exact) mass is 596 g/mol. The molecule has 6 nitrogen and oxygen atoms in total. The number of fused-ring (bicyclic) bond motifs is 1. The minimum Gasteiger partial charge on any atom is -0.462 e. The standard InChI is InChI=1S/C32H37FN2O4S2/c1-6-25(40-21-12-10-11-20(18-21)34-28(36)22-13-8-9-14-24(22)33)29(37)35-30-27(31(38)39-7-2)23-16-15-19(32(3,4)5)17-26(23)41-30/h8-14,18-19,25H,6-7,15-17H2,1-5H3,(H,34,36)(H,35,37). The first-order chi connectivity index (χ1) is 19.5. The van der Waals surface area contributed by atoms with Crippen LogP contribution in [0.1, 0.15) is 78.6 Å². The molecule has 218 valence electrons. The maximum absolute atomic E-state index is 14.0. The summed E-state index contributed by atoms with van der Waals surface area (Å²) in [6.07, 6.45) is 3.21. The van der Waals surface area contributed by atoms with Gasteiger partial charge >= 0.3 is 5.97 Å². The first-order valence-electron chi connectivity index (χ1n) is 14.0. The summed E-state index contributed by atoms with van der Waals surface area (Å²) in [6.45, 7) is 10.7. The summed E-state index contributed by atoms with van der Waals surface area (Å²) >= 11 is 2.86. The Morgan fingerprint density at radius 1 is 1.10 bits per heavy atom. The predicted molar refractivity (Wildman–Crippen MR) is 165 cm³/mol. The van der Waals surface area contributed by atoms with Crippen LogP contribution in [0, 0.1) is 17.2 Å². The Balaban J connectivity index is 1.51. The van der Waals surface area contributed by atoms with Gasteiger partial charge in [-0.3, -0.25) is 9.59 Å². The number of carbonyl (C=O) groups is 3.